The van der Waals surface area contributed by atoms with Crippen molar-refractivity contribution in [3.8, 4) is 0 Å². The number of rotatable bonds is 40. The minimum Gasteiger partial charge on any atom is -0.462 e. The highest BCUT2D eigenvalue weighted by atomic mass is 31.2. The van der Waals surface area contributed by atoms with Crippen LogP contribution >= 0.6 is 7.82 Å². The molecule has 0 saturated carbocycles. The Morgan fingerprint density at radius 3 is 1.64 bits per heavy atom. The first kappa shape index (κ1) is 55.1. The quantitative estimate of drug-likeness (QED) is 0.0134. The summed E-state index contributed by atoms with van der Waals surface area (Å²) in [5.41, 5.74) is 0. The number of aliphatic hydroxyl groups is 2. The molecule has 3 atom stereocenters. The van der Waals surface area contributed by atoms with Gasteiger partial charge in [0.15, 0.2) is 11.9 Å². The van der Waals surface area contributed by atoms with Crippen molar-refractivity contribution in [2.75, 3.05) is 26.4 Å². The van der Waals surface area contributed by atoms with Gasteiger partial charge in [0.2, 0.25) is 0 Å². The van der Waals surface area contributed by atoms with Gasteiger partial charge in [-0.15, -0.1) is 0 Å². The summed E-state index contributed by atoms with van der Waals surface area (Å²) >= 11 is 0. The number of hydrogen-bond acceptors (Lipinski definition) is 10. The van der Waals surface area contributed by atoms with E-state index in [1.807, 2.05) is 6.08 Å². The van der Waals surface area contributed by atoms with Gasteiger partial charge in [-0.1, -0.05) is 132 Å². The van der Waals surface area contributed by atoms with E-state index in [-0.39, 0.29) is 25.2 Å². The van der Waals surface area contributed by atoms with Crippen LogP contribution in [-0.2, 0) is 37.5 Å². The number of phosphoric acid groups is 1. The second-order valence-electron chi connectivity index (χ2n) is 14.4. The number of phosphoric ester groups is 1. The van der Waals surface area contributed by atoms with Crippen molar-refractivity contribution < 1.29 is 52.6 Å². The fourth-order valence-electron chi connectivity index (χ4n) is 5.37. The number of carbonyl (C=O) groups is 3. The number of hydrogen-bond donors (Lipinski definition) is 3. The molecule has 0 bridgehead atoms. The van der Waals surface area contributed by atoms with Crippen LogP contribution in [0.5, 0.6) is 0 Å². The van der Waals surface area contributed by atoms with Gasteiger partial charge in [-0.2, -0.15) is 0 Å². The number of aliphatic hydroxyl groups excluding tert-OH is 2. The first-order chi connectivity index (χ1) is 28.1. The summed E-state index contributed by atoms with van der Waals surface area (Å²) in [6, 6.07) is 0. The summed E-state index contributed by atoms with van der Waals surface area (Å²) in [7, 11) is -4.66. The van der Waals surface area contributed by atoms with Gasteiger partial charge in [-0.25, -0.2) is 4.57 Å². The summed E-state index contributed by atoms with van der Waals surface area (Å²) in [6.45, 7) is 2.11. The number of allylic oxidation sites excluding steroid dienone is 12. The average Bonchev–Trinajstić information content (AvgIpc) is 3.21. The molecule has 58 heavy (non-hydrogen) atoms. The molecule has 12 heteroatoms. The van der Waals surface area contributed by atoms with E-state index < -0.39 is 51.8 Å². The van der Waals surface area contributed by atoms with Gasteiger partial charge in [-0.3, -0.25) is 23.4 Å². The predicted octanol–water partition coefficient (Wildman–Crippen LogP) is 10.8. The molecule has 3 N–H and O–H groups in total. The van der Waals surface area contributed by atoms with Gasteiger partial charge >= 0.3 is 19.8 Å². The minimum atomic E-state index is -4.66. The van der Waals surface area contributed by atoms with Crippen LogP contribution < -0.4 is 0 Å². The Hall–Kier alpha value is -2.92. The van der Waals surface area contributed by atoms with E-state index in [1.165, 1.54) is 38.5 Å². The van der Waals surface area contributed by atoms with Crippen LogP contribution in [0.25, 0.3) is 0 Å². The summed E-state index contributed by atoms with van der Waals surface area (Å²) in [5, 5.41) is 18.3. The summed E-state index contributed by atoms with van der Waals surface area (Å²) < 4.78 is 32.6. The molecule has 0 aliphatic heterocycles. The Bertz CT molecular complexity index is 1250. The van der Waals surface area contributed by atoms with Crippen LogP contribution in [0.3, 0.4) is 0 Å². The van der Waals surface area contributed by atoms with E-state index in [9.17, 15) is 28.9 Å². The van der Waals surface area contributed by atoms with Crippen LogP contribution in [0, 0.1) is 0 Å². The molecule has 11 nitrogen and oxygen atoms in total. The summed E-state index contributed by atoms with van der Waals surface area (Å²) in [6.07, 6.45) is 42.6. The van der Waals surface area contributed by atoms with Crippen molar-refractivity contribution in [1.82, 2.24) is 0 Å². The van der Waals surface area contributed by atoms with E-state index >= 15 is 0 Å². The molecule has 0 spiro atoms. The number of unbranched alkanes of at least 4 members (excludes halogenated alkanes) is 13. The molecule has 0 saturated heterocycles. The highest BCUT2D eigenvalue weighted by Gasteiger charge is 2.27. The average molecular weight is 837 g/mol. The van der Waals surface area contributed by atoms with Gasteiger partial charge in [0.05, 0.1) is 19.8 Å². The molecule has 0 aliphatic carbocycles. The smallest absolute Gasteiger partial charge is 0.462 e. The van der Waals surface area contributed by atoms with E-state index in [1.54, 1.807) is 12.2 Å². The molecule has 0 radical (unpaired) electrons. The Morgan fingerprint density at radius 1 is 0.569 bits per heavy atom. The molecule has 0 amide bonds. The topological polar surface area (TPSA) is 166 Å². The van der Waals surface area contributed by atoms with Gasteiger partial charge in [-0.05, 0) is 83.1 Å². The van der Waals surface area contributed by atoms with E-state index in [2.05, 4.69) is 73.1 Å². The standard InChI is InChI=1S/C46H77O11P/c1-3-5-7-9-11-12-13-14-15-16-17-18-19-20-21-22-24-28-32-36-45(50)54-40-44(41-56-58(52,53)55-39-43(49)38-47)57-46(51)37-33-29-25-27-31-35-42(48)34-30-26-23-10-8-6-4-2/h11-12,14-15,17-18,20-21,23,26,30,34,43-44,47,49H,3-10,13,16,19,22,24-25,27-29,31-33,35-41H2,1-2H3,(H,52,53)/b12-11-,15-14-,18-17-,21-20-,26-23-,34-30+/t43-,44+/m0/s1. The molecule has 0 heterocycles. The second-order valence-corrected chi connectivity index (χ2v) is 15.8. The van der Waals surface area contributed by atoms with Crippen LogP contribution in [0.1, 0.15) is 162 Å². The fraction of sp³-hybridized carbons (Fsp3) is 0.674. The molecule has 0 aromatic carbocycles. The third kappa shape index (κ3) is 39.9. The zero-order chi connectivity index (χ0) is 42.8. The SMILES string of the molecule is CCCCC/C=C\C=C\C(=O)CCCCCCCC(=O)O[C@H](COC(=O)CCCCC/C=C\C/C=C\C/C=C\C/C=C\CCCCC)COP(=O)(O)OC[C@@H](O)CO. The fourth-order valence-corrected chi connectivity index (χ4v) is 6.16. The maximum absolute atomic E-state index is 12.6. The van der Waals surface area contributed by atoms with Crippen LogP contribution in [0.15, 0.2) is 72.9 Å². The number of carbonyl (C=O) groups excluding carboxylic acids is 3. The van der Waals surface area contributed by atoms with E-state index in [0.29, 0.717) is 19.3 Å². The van der Waals surface area contributed by atoms with Gasteiger partial charge < -0.3 is 24.6 Å². The highest BCUT2D eigenvalue weighted by molar-refractivity contribution is 7.47. The van der Waals surface area contributed by atoms with Crippen molar-refractivity contribution in [3.63, 3.8) is 0 Å². The summed E-state index contributed by atoms with van der Waals surface area (Å²) in [4.78, 5) is 47.0. The molecule has 0 aromatic heterocycles. The molecule has 0 fully saturated rings. The molecular formula is C46H77O11P. The molecule has 0 aromatic rings. The van der Waals surface area contributed by atoms with E-state index in [0.717, 1.165) is 77.0 Å². The number of ketones is 1. The lowest BCUT2D eigenvalue weighted by atomic mass is 10.1. The Kier molecular flexibility index (Phi) is 38.8. The first-order valence-corrected chi connectivity index (χ1v) is 23.3. The van der Waals surface area contributed by atoms with Gasteiger partial charge in [0, 0.05) is 19.3 Å². The number of esters is 2. The number of ether oxygens (including phenoxy) is 2. The monoisotopic (exact) mass is 837 g/mol. The molecule has 0 aliphatic rings. The third-order valence-corrected chi connectivity index (χ3v) is 9.76. The Balaban J connectivity index is 4.45. The third-order valence-electron chi connectivity index (χ3n) is 8.81. The zero-order valence-corrected chi connectivity index (χ0v) is 36.6. The lowest BCUT2D eigenvalue weighted by Gasteiger charge is -2.20. The van der Waals surface area contributed by atoms with Crippen molar-refractivity contribution in [3.05, 3.63) is 72.9 Å². The van der Waals surface area contributed by atoms with Crippen molar-refractivity contribution >= 4 is 25.5 Å². The van der Waals surface area contributed by atoms with Crippen LogP contribution in [0.4, 0.5) is 0 Å². The van der Waals surface area contributed by atoms with Crippen molar-refractivity contribution in [2.24, 2.45) is 0 Å². The van der Waals surface area contributed by atoms with E-state index in [4.69, 9.17) is 19.1 Å². The van der Waals surface area contributed by atoms with Crippen molar-refractivity contribution in [1.29, 1.82) is 0 Å². The highest BCUT2D eigenvalue weighted by Crippen LogP contribution is 2.43. The first-order valence-electron chi connectivity index (χ1n) is 21.8. The second kappa shape index (κ2) is 40.8. The lowest BCUT2D eigenvalue weighted by molar-refractivity contribution is -0.161. The summed E-state index contributed by atoms with van der Waals surface area (Å²) in [5.74, 6) is -0.966. The van der Waals surface area contributed by atoms with Gasteiger partial charge in [0.1, 0.15) is 12.7 Å². The Labute approximate surface area is 350 Å². The molecular weight excluding hydrogens is 759 g/mol. The Morgan fingerprint density at radius 2 is 1.05 bits per heavy atom. The predicted molar refractivity (Wildman–Crippen MR) is 233 cm³/mol. The zero-order valence-electron chi connectivity index (χ0n) is 35.7. The lowest BCUT2D eigenvalue weighted by Crippen LogP contribution is -2.29. The molecule has 0 rings (SSSR count). The maximum atomic E-state index is 12.6. The molecule has 1 unspecified atom stereocenters. The van der Waals surface area contributed by atoms with Gasteiger partial charge in [0.25, 0.3) is 0 Å². The maximum Gasteiger partial charge on any atom is 0.472 e. The minimum absolute atomic E-state index is 0.0894. The largest absolute Gasteiger partial charge is 0.472 e. The van der Waals surface area contributed by atoms with Crippen molar-refractivity contribution in [2.45, 2.75) is 174 Å². The van der Waals surface area contributed by atoms with Crippen LogP contribution in [0.2, 0.25) is 0 Å². The normalized spacial score (nSPS) is 14.4. The molecule has 332 valence electrons. The van der Waals surface area contributed by atoms with Crippen LogP contribution in [-0.4, -0.2) is 71.5 Å².